The zero-order valence-electron chi connectivity index (χ0n) is 63.4. The number of ether oxygens (including phenoxy) is 2. The number of nitrogens with one attached hydrogen (secondary N) is 6. The molecule has 1 atom stereocenters. The SMILES string of the molecule is C.CC(C)CCNC(=O)C1CCC(=O)N(C)C1.CC(C)CCNC(=O)CN1CCCCCC1.CC(C)CCNC(=O)c1cccc2c1OCC2.CC(C)CCNC(=O)c1cn2c(n1)CCCC2.CC(C)CCNC(=O)c1ncn2ccccc12.COc1ccccc1CC(=O)NCCC(C)C. The largest absolute Gasteiger partial charge is 0.496 e. The van der Waals surface area contributed by atoms with Gasteiger partial charge in [0.15, 0.2) is 5.69 Å². The summed E-state index contributed by atoms with van der Waals surface area (Å²) >= 11 is 0. The van der Waals surface area contributed by atoms with E-state index in [4.69, 9.17) is 9.47 Å². The van der Waals surface area contributed by atoms with Crippen molar-refractivity contribution in [1.82, 2.24) is 60.6 Å². The molecule has 0 radical (unpaired) electrons. The Balaban J connectivity index is 0.000000315. The molecule has 0 saturated carbocycles. The van der Waals surface area contributed by atoms with Gasteiger partial charge in [-0.25, -0.2) is 9.97 Å². The van der Waals surface area contributed by atoms with Crippen molar-refractivity contribution in [3.63, 3.8) is 0 Å². The fourth-order valence-corrected chi connectivity index (χ4v) is 11.2. The number of pyridine rings is 1. The fourth-order valence-electron chi connectivity index (χ4n) is 11.2. The Labute approximate surface area is 606 Å². The number of imidazole rings is 2. The van der Waals surface area contributed by atoms with Gasteiger partial charge in [0.25, 0.3) is 17.7 Å². The van der Waals surface area contributed by atoms with Gasteiger partial charge in [0.1, 0.15) is 29.3 Å². The molecular weight excluding hydrogens is 1270 g/mol. The summed E-state index contributed by atoms with van der Waals surface area (Å²) in [4.78, 5) is 94.6. The third-order valence-corrected chi connectivity index (χ3v) is 17.5. The molecule has 3 aromatic heterocycles. The van der Waals surface area contributed by atoms with Crippen LogP contribution >= 0.6 is 0 Å². The molecule has 0 aliphatic carbocycles. The van der Waals surface area contributed by atoms with E-state index in [1.54, 1.807) is 25.4 Å². The first-order valence-electron chi connectivity index (χ1n) is 37.3. The second-order valence-corrected chi connectivity index (χ2v) is 29.2. The Morgan fingerprint density at radius 3 is 1.71 bits per heavy atom. The van der Waals surface area contributed by atoms with Gasteiger partial charge in [0.2, 0.25) is 23.6 Å². The molecule has 2 fully saturated rings. The minimum atomic E-state index is -0.0978. The minimum absolute atomic E-state index is 0. The molecule has 0 spiro atoms. The lowest BCUT2D eigenvalue weighted by Crippen LogP contribution is -2.44. The minimum Gasteiger partial charge on any atom is -0.496 e. The van der Waals surface area contributed by atoms with E-state index < -0.39 is 0 Å². The van der Waals surface area contributed by atoms with Crippen molar-refractivity contribution < 1.29 is 43.0 Å². The van der Waals surface area contributed by atoms with Crippen molar-refractivity contribution in [2.24, 2.45) is 41.4 Å². The molecule has 2 saturated heterocycles. The van der Waals surface area contributed by atoms with E-state index in [1.807, 2.05) is 77.5 Å². The lowest BCUT2D eigenvalue weighted by atomic mass is 9.97. The molecule has 7 amide bonds. The van der Waals surface area contributed by atoms with E-state index >= 15 is 0 Å². The molecule has 0 bridgehead atoms. The van der Waals surface area contributed by atoms with Crippen LogP contribution in [0.15, 0.2) is 79.4 Å². The predicted molar refractivity (Wildman–Crippen MR) is 407 cm³/mol. The van der Waals surface area contributed by atoms with Gasteiger partial charge in [-0.3, -0.25) is 38.5 Å². The first-order chi connectivity index (χ1) is 47.8. The summed E-state index contributed by atoms with van der Waals surface area (Å²) < 4.78 is 14.7. The molecule has 6 N–H and O–H groups in total. The van der Waals surface area contributed by atoms with E-state index in [0.717, 1.165) is 138 Å². The maximum Gasteiger partial charge on any atom is 0.272 e. The van der Waals surface area contributed by atoms with E-state index in [-0.39, 0.29) is 54.7 Å². The molecule has 2 aromatic carbocycles. The van der Waals surface area contributed by atoms with Gasteiger partial charge < -0.3 is 55.2 Å². The normalized spacial score (nSPS) is 14.6. The van der Waals surface area contributed by atoms with Crippen LogP contribution < -0.4 is 41.4 Å². The van der Waals surface area contributed by atoms with Crippen molar-refractivity contribution in [3.8, 4) is 11.5 Å². The van der Waals surface area contributed by atoms with Gasteiger partial charge in [0.05, 0.1) is 43.7 Å². The number of aromatic nitrogens is 4. The summed E-state index contributed by atoms with van der Waals surface area (Å²) in [6, 6.07) is 19.1. The highest BCUT2D eigenvalue weighted by Gasteiger charge is 2.28. The van der Waals surface area contributed by atoms with Crippen LogP contribution in [0.2, 0.25) is 0 Å². The van der Waals surface area contributed by atoms with Crippen LogP contribution in [0.4, 0.5) is 0 Å². The average molecular weight is 1400 g/mol. The molecular formula is C80H130N12O9. The van der Waals surface area contributed by atoms with Gasteiger partial charge in [-0.05, 0) is 149 Å². The second kappa shape index (κ2) is 48.9. The van der Waals surface area contributed by atoms with Crippen LogP contribution in [0.25, 0.3) is 5.52 Å². The number of benzene rings is 2. The number of piperidine rings is 1. The summed E-state index contributed by atoms with van der Waals surface area (Å²) in [5.74, 6) is 6.62. The number of para-hydroxylation sites is 2. The van der Waals surface area contributed by atoms with E-state index in [1.165, 1.54) is 38.5 Å². The smallest absolute Gasteiger partial charge is 0.272 e. The van der Waals surface area contributed by atoms with E-state index in [9.17, 15) is 33.6 Å². The van der Waals surface area contributed by atoms with Crippen molar-refractivity contribution >= 4 is 46.9 Å². The topological polar surface area (TPSA) is 252 Å². The number of carbonyl (C=O) groups is 7. The van der Waals surface area contributed by atoms with Crippen LogP contribution in [-0.4, -0.2) is 156 Å². The number of rotatable bonds is 27. The number of likely N-dealkylation sites (tertiary alicyclic amines) is 2. The monoisotopic (exact) mass is 1400 g/mol. The number of methoxy groups -OCH3 is 1. The third-order valence-electron chi connectivity index (χ3n) is 17.5. The maximum absolute atomic E-state index is 12.0. The van der Waals surface area contributed by atoms with Gasteiger partial charge >= 0.3 is 0 Å². The van der Waals surface area contributed by atoms with E-state index in [0.29, 0.717) is 98.0 Å². The van der Waals surface area contributed by atoms with Crippen LogP contribution in [0.3, 0.4) is 0 Å². The Hall–Kier alpha value is -7.81. The van der Waals surface area contributed by atoms with Crippen molar-refractivity contribution in [2.75, 3.05) is 86.2 Å². The number of carbonyl (C=O) groups excluding carboxylic acids is 7. The lowest BCUT2D eigenvalue weighted by molar-refractivity contribution is -0.137. The number of fused-ring (bicyclic) bond motifs is 3. The Bertz CT molecular complexity index is 3190. The zero-order chi connectivity index (χ0) is 73.4. The van der Waals surface area contributed by atoms with E-state index in [2.05, 4.69) is 134 Å². The highest BCUT2D eigenvalue weighted by molar-refractivity contribution is 5.99. The Morgan fingerprint density at radius 1 is 0.584 bits per heavy atom. The number of hydrogen-bond donors (Lipinski definition) is 6. The molecule has 21 nitrogen and oxygen atoms in total. The predicted octanol–water partition coefficient (Wildman–Crippen LogP) is 12.6. The third kappa shape index (κ3) is 35.1. The van der Waals surface area contributed by atoms with Crippen LogP contribution in [-0.2, 0) is 45.0 Å². The Kier molecular flexibility index (Phi) is 42.3. The number of nitrogens with zero attached hydrogens (tertiary/aromatic N) is 6. The number of amides is 7. The summed E-state index contributed by atoms with van der Waals surface area (Å²) in [5, 5.41) is 17.6. The standard InChI is InChI=1S/C14H19NO2.C14H21NO2.C13H21N3O.C13H17N3O.C13H26N2O.C12H22N2O2.CH4/c1-10(2)6-8-15-14(16)12-5-3-4-11-7-9-17-13(11)12;1-11(2)8-9-15-14(16)10-12-6-4-5-7-13(12)17-3;1-10(2)6-7-14-13(17)11-9-16-8-4-3-5-12(16)15-11;1-10(2)6-7-14-13(17)12-11-5-3-4-8-16(11)9-15-12;1-12(2)7-8-14-13(16)11-15-9-5-3-4-6-10-15;1-9(2)6-7-13-12(16)10-4-5-11(15)14(3)8-10;/h3-5,10H,6-9H2,1-2H3,(H,15,16);4-7,11H,8-10H2,1-3H3,(H,15,16);9-10H,3-8H2,1-2H3,(H,14,17);3-5,8-10H,6-7H2,1-2H3,(H,14,17);12H,3-11H2,1-2H3,(H,14,16);9-10H,4-8H2,1-3H3,(H,13,16);1H4. The maximum atomic E-state index is 12.0. The van der Waals surface area contributed by atoms with Crippen LogP contribution in [0.1, 0.15) is 229 Å². The summed E-state index contributed by atoms with van der Waals surface area (Å²) in [7, 11) is 3.38. The first-order valence-corrected chi connectivity index (χ1v) is 37.3. The molecule has 564 valence electrons. The highest BCUT2D eigenvalue weighted by atomic mass is 16.5. The molecule has 4 aliphatic rings. The van der Waals surface area contributed by atoms with Crippen LogP contribution in [0.5, 0.6) is 11.5 Å². The van der Waals surface area contributed by atoms with Crippen molar-refractivity contribution in [1.29, 1.82) is 0 Å². The van der Waals surface area contributed by atoms with Gasteiger partial charge in [-0.1, -0.05) is 140 Å². The Morgan fingerprint density at radius 2 is 1.13 bits per heavy atom. The van der Waals surface area contributed by atoms with Crippen LogP contribution in [0, 0.1) is 41.4 Å². The molecule has 1 unspecified atom stereocenters. The van der Waals surface area contributed by atoms with Gasteiger partial charge in [-0.2, -0.15) is 0 Å². The van der Waals surface area contributed by atoms with Crippen molar-refractivity contribution in [2.45, 2.75) is 206 Å². The average Bonchev–Trinajstić information content (AvgIpc) is 1.71. The molecule has 101 heavy (non-hydrogen) atoms. The molecule has 4 aliphatic heterocycles. The lowest BCUT2D eigenvalue weighted by Gasteiger charge is -2.28. The van der Waals surface area contributed by atoms with Crippen molar-refractivity contribution in [3.05, 3.63) is 113 Å². The van der Waals surface area contributed by atoms with Gasteiger partial charge in [0, 0.05) is 96.6 Å². The fraction of sp³-hybridized carbons (Fsp3) is 0.637. The summed E-state index contributed by atoms with van der Waals surface area (Å²) in [6.45, 7) is 35.3. The summed E-state index contributed by atoms with van der Waals surface area (Å²) in [6.07, 6.45) is 22.5. The molecule has 21 heteroatoms. The van der Waals surface area contributed by atoms with Gasteiger partial charge in [-0.15, -0.1) is 0 Å². The number of hydrogen-bond acceptors (Lipinski definition) is 12. The molecule has 7 heterocycles. The molecule has 5 aromatic rings. The number of aryl methyl sites for hydroxylation is 2. The quantitative estimate of drug-likeness (QED) is 0.0287. The molecule has 9 rings (SSSR count). The zero-order valence-corrected chi connectivity index (χ0v) is 63.4. The summed E-state index contributed by atoms with van der Waals surface area (Å²) in [5.41, 5.74) is 4.65. The first kappa shape index (κ1) is 87.4. The second-order valence-electron chi connectivity index (χ2n) is 29.2. The highest BCUT2D eigenvalue weighted by Crippen LogP contribution is 2.29.